The molecule has 1 heterocycles. The molecule has 1 aromatic carbocycles. The van der Waals surface area contributed by atoms with E-state index in [2.05, 4.69) is 10.4 Å². The summed E-state index contributed by atoms with van der Waals surface area (Å²) in [5, 5.41) is 7.21. The average Bonchev–Trinajstić information content (AvgIpc) is 3.00. The van der Waals surface area contributed by atoms with Crippen molar-refractivity contribution >= 4 is 18.3 Å². The molecule has 3 unspecified atom stereocenters. The first-order valence-corrected chi connectivity index (χ1v) is 7.15. The summed E-state index contributed by atoms with van der Waals surface area (Å²) in [5.41, 5.74) is 7.77. The van der Waals surface area contributed by atoms with Crippen LogP contribution in [0.4, 0.5) is 0 Å². The molecule has 0 bridgehead atoms. The maximum absolute atomic E-state index is 12.1. The molecule has 0 aliphatic heterocycles. The minimum Gasteiger partial charge on any atom is -0.349 e. The zero-order chi connectivity index (χ0) is 15.4. The summed E-state index contributed by atoms with van der Waals surface area (Å²) in [5.74, 6) is -0.233. The summed E-state index contributed by atoms with van der Waals surface area (Å²) in [6.07, 6.45) is 3.63. The fourth-order valence-electron chi connectivity index (χ4n) is 2.03. The van der Waals surface area contributed by atoms with Gasteiger partial charge in [0, 0.05) is 24.4 Å². The van der Waals surface area contributed by atoms with Crippen molar-refractivity contribution in [1.29, 1.82) is 0 Å². The van der Waals surface area contributed by atoms with Gasteiger partial charge in [0.05, 0.1) is 11.7 Å². The number of nitrogens with zero attached hydrogens (tertiary/aromatic N) is 2. The molecule has 3 N–H and O–H groups in total. The number of aromatic nitrogens is 2. The van der Waals surface area contributed by atoms with Gasteiger partial charge in [-0.2, -0.15) is 5.10 Å². The van der Waals surface area contributed by atoms with Crippen LogP contribution in [0.5, 0.6) is 0 Å². The van der Waals surface area contributed by atoms with Crippen molar-refractivity contribution in [3.8, 4) is 5.69 Å². The lowest BCUT2D eigenvalue weighted by molar-refractivity contribution is -0.125. The highest BCUT2D eigenvalue weighted by atomic mass is 35.5. The van der Waals surface area contributed by atoms with E-state index in [9.17, 15) is 4.79 Å². The Labute approximate surface area is 137 Å². The van der Waals surface area contributed by atoms with Gasteiger partial charge < -0.3 is 11.1 Å². The second-order valence-electron chi connectivity index (χ2n) is 5.42. The first-order valence-electron chi connectivity index (χ1n) is 7.15. The lowest BCUT2D eigenvalue weighted by Gasteiger charge is -2.20. The van der Waals surface area contributed by atoms with E-state index >= 15 is 0 Å². The summed E-state index contributed by atoms with van der Waals surface area (Å²) in [6.45, 7) is 5.65. The fraction of sp³-hybridized carbons (Fsp3) is 0.375. The van der Waals surface area contributed by atoms with Gasteiger partial charge in [0.15, 0.2) is 0 Å². The SMILES string of the molecule is CC(NC(=O)C(C)C(C)N)c1cccc(-n2cccn2)c1.Cl. The lowest BCUT2D eigenvalue weighted by atomic mass is 10.0. The topological polar surface area (TPSA) is 72.9 Å². The van der Waals surface area contributed by atoms with Crippen LogP contribution in [0.1, 0.15) is 32.4 Å². The van der Waals surface area contributed by atoms with Gasteiger partial charge in [-0.1, -0.05) is 19.1 Å². The molecule has 0 spiro atoms. The Morgan fingerprint density at radius 1 is 1.27 bits per heavy atom. The molecule has 5 nitrogen and oxygen atoms in total. The van der Waals surface area contributed by atoms with Crippen molar-refractivity contribution in [2.24, 2.45) is 11.7 Å². The molecule has 6 heteroatoms. The van der Waals surface area contributed by atoms with Gasteiger partial charge in [0.2, 0.25) is 5.91 Å². The van der Waals surface area contributed by atoms with Crippen LogP contribution in [0.2, 0.25) is 0 Å². The molecular weight excluding hydrogens is 300 g/mol. The first-order chi connectivity index (χ1) is 9.99. The number of hydrogen-bond donors (Lipinski definition) is 2. The summed E-state index contributed by atoms with van der Waals surface area (Å²) in [7, 11) is 0. The number of halogens is 1. The second kappa shape index (κ2) is 7.96. The number of benzene rings is 1. The van der Waals surface area contributed by atoms with E-state index in [4.69, 9.17) is 5.73 Å². The van der Waals surface area contributed by atoms with Crippen LogP contribution in [0.25, 0.3) is 5.69 Å². The van der Waals surface area contributed by atoms with Crippen molar-refractivity contribution in [3.05, 3.63) is 48.3 Å². The van der Waals surface area contributed by atoms with E-state index in [1.54, 1.807) is 10.9 Å². The molecule has 2 rings (SSSR count). The maximum atomic E-state index is 12.1. The number of carbonyl (C=O) groups excluding carboxylic acids is 1. The summed E-state index contributed by atoms with van der Waals surface area (Å²) in [4.78, 5) is 12.1. The van der Waals surface area contributed by atoms with E-state index in [1.807, 2.05) is 57.3 Å². The third-order valence-corrected chi connectivity index (χ3v) is 3.70. The Kier molecular flexibility index (Phi) is 6.59. The lowest BCUT2D eigenvalue weighted by Crippen LogP contribution is -2.39. The number of hydrogen-bond acceptors (Lipinski definition) is 3. The van der Waals surface area contributed by atoms with E-state index in [0.717, 1.165) is 11.3 Å². The van der Waals surface area contributed by atoms with Crippen LogP contribution in [0, 0.1) is 5.92 Å². The number of nitrogens with two attached hydrogens (primary N) is 1. The molecule has 22 heavy (non-hydrogen) atoms. The van der Waals surface area contributed by atoms with Crippen molar-refractivity contribution in [2.75, 3.05) is 0 Å². The molecule has 0 saturated heterocycles. The molecular formula is C16H23ClN4O. The van der Waals surface area contributed by atoms with Gasteiger partial charge in [-0.05, 0) is 37.6 Å². The largest absolute Gasteiger partial charge is 0.349 e. The van der Waals surface area contributed by atoms with Crippen LogP contribution in [0.3, 0.4) is 0 Å². The van der Waals surface area contributed by atoms with Crippen LogP contribution < -0.4 is 11.1 Å². The molecule has 2 aromatic rings. The van der Waals surface area contributed by atoms with E-state index in [-0.39, 0.29) is 36.3 Å². The smallest absolute Gasteiger partial charge is 0.224 e. The van der Waals surface area contributed by atoms with Crippen LogP contribution in [-0.4, -0.2) is 21.7 Å². The predicted molar refractivity (Wildman–Crippen MR) is 90.2 cm³/mol. The molecule has 1 amide bonds. The molecule has 0 aliphatic rings. The molecule has 0 fully saturated rings. The van der Waals surface area contributed by atoms with Crippen molar-refractivity contribution in [2.45, 2.75) is 32.9 Å². The Morgan fingerprint density at radius 2 is 2.00 bits per heavy atom. The first kappa shape index (κ1) is 18.2. The molecule has 120 valence electrons. The highest BCUT2D eigenvalue weighted by molar-refractivity contribution is 5.85. The highest BCUT2D eigenvalue weighted by Gasteiger charge is 2.19. The van der Waals surface area contributed by atoms with Crippen LogP contribution >= 0.6 is 12.4 Å². The molecule has 0 saturated carbocycles. The fourth-order valence-corrected chi connectivity index (χ4v) is 2.03. The van der Waals surface area contributed by atoms with Gasteiger partial charge in [-0.15, -0.1) is 12.4 Å². The van der Waals surface area contributed by atoms with Crippen LogP contribution in [-0.2, 0) is 4.79 Å². The maximum Gasteiger partial charge on any atom is 0.224 e. The standard InChI is InChI=1S/C16H22N4O.ClH/c1-11(12(2)17)16(21)19-13(3)14-6-4-7-15(10-14)20-9-5-8-18-20;/h4-13H,17H2,1-3H3,(H,19,21);1H. The molecule has 1 aromatic heterocycles. The summed E-state index contributed by atoms with van der Waals surface area (Å²) < 4.78 is 1.79. The predicted octanol–water partition coefficient (Wildman–Crippen LogP) is 2.45. The number of carbonyl (C=O) groups is 1. The average molecular weight is 323 g/mol. The van der Waals surface area contributed by atoms with E-state index < -0.39 is 0 Å². The minimum atomic E-state index is -0.207. The van der Waals surface area contributed by atoms with Crippen molar-refractivity contribution < 1.29 is 4.79 Å². The third kappa shape index (κ3) is 4.32. The van der Waals surface area contributed by atoms with Gasteiger partial charge in [-0.3, -0.25) is 4.79 Å². The Balaban J connectivity index is 0.00000242. The van der Waals surface area contributed by atoms with Crippen molar-refractivity contribution in [1.82, 2.24) is 15.1 Å². The quantitative estimate of drug-likeness (QED) is 0.888. The molecule has 3 atom stereocenters. The molecule has 0 radical (unpaired) electrons. The van der Waals surface area contributed by atoms with E-state index in [1.165, 1.54) is 0 Å². The van der Waals surface area contributed by atoms with E-state index in [0.29, 0.717) is 0 Å². The normalized spacial score (nSPS) is 14.5. The zero-order valence-corrected chi connectivity index (χ0v) is 13.9. The third-order valence-electron chi connectivity index (χ3n) is 3.70. The second-order valence-corrected chi connectivity index (χ2v) is 5.42. The summed E-state index contributed by atoms with van der Waals surface area (Å²) in [6, 6.07) is 9.60. The Hall–Kier alpha value is -1.85. The minimum absolute atomic E-state index is 0. The van der Waals surface area contributed by atoms with Gasteiger partial charge in [0.25, 0.3) is 0 Å². The highest BCUT2D eigenvalue weighted by Crippen LogP contribution is 2.17. The number of rotatable bonds is 5. The number of nitrogens with one attached hydrogen (secondary N) is 1. The Morgan fingerprint density at radius 3 is 2.59 bits per heavy atom. The van der Waals surface area contributed by atoms with Crippen molar-refractivity contribution in [3.63, 3.8) is 0 Å². The zero-order valence-electron chi connectivity index (χ0n) is 13.1. The number of amides is 1. The van der Waals surface area contributed by atoms with Crippen LogP contribution in [0.15, 0.2) is 42.7 Å². The van der Waals surface area contributed by atoms with Gasteiger partial charge in [0.1, 0.15) is 0 Å². The monoisotopic (exact) mass is 322 g/mol. The van der Waals surface area contributed by atoms with Gasteiger partial charge >= 0.3 is 0 Å². The molecule has 0 aliphatic carbocycles. The van der Waals surface area contributed by atoms with Gasteiger partial charge in [-0.25, -0.2) is 4.68 Å². The Bertz CT molecular complexity index is 598. The summed E-state index contributed by atoms with van der Waals surface area (Å²) >= 11 is 0.